The molecule has 3 nitrogen and oxygen atoms in total. The van der Waals surface area contributed by atoms with Gasteiger partial charge in [0.05, 0.1) is 6.20 Å². The number of benzene rings is 1. The standard InChI is InChI=1S/C19H26FN3/c1-3-14(2)12-23-9-5-7-16(13-23)19-18(11-21-22-19)15-6-4-8-17(20)10-15/h4,6,8,10-11,14,16H,3,5,7,9,12-13H2,1-2H3,(H,21,22). The number of halogens is 1. The van der Waals surface area contributed by atoms with E-state index in [1.54, 1.807) is 12.1 Å². The minimum atomic E-state index is -0.198. The highest BCUT2D eigenvalue weighted by molar-refractivity contribution is 5.65. The maximum Gasteiger partial charge on any atom is 0.123 e. The highest BCUT2D eigenvalue weighted by Crippen LogP contribution is 2.33. The van der Waals surface area contributed by atoms with Crippen LogP contribution in [-0.2, 0) is 0 Å². The van der Waals surface area contributed by atoms with Gasteiger partial charge in [-0.2, -0.15) is 5.10 Å². The van der Waals surface area contributed by atoms with Crippen molar-refractivity contribution in [2.75, 3.05) is 19.6 Å². The Balaban J connectivity index is 1.78. The quantitative estimate of drug-likeness (QED) is 0.884. The van der Waals surface area contributed by atoms with Gasteiger partial charge in [-0.1, -0.05) is 32.4 Å². The Labute approximate surface area is 137 Å². The van der Waals surface area contributed by atoms with Gasteiger partial charge in [-0.3, -0.25) is 5.10 Å². The summed E-state index contributed by atoms with van der Waals surface area (Å²) in [5.74, 6) is 0.989. The second-order valence-corrected chi connectivity index (χ2v) is 6.82. The van der Waals surface area contributed by atoms with E-state index in [-0.39, 0.29) is 5.82 Å². The van der Waals surface area contributed by atoms with Gasteiger partial charge in [0, 0.05) is 30.3 Å². The van der Waals surface area contributed by atoms with Crippen LogP contribution in [0.1, 0.15) is 44.7 Å². The molecule has 0 spiro atoms. The van der Waals surface area contributed by atoms with E-state index >= 15 is 0 Å². The van der Waals surface area contributed by atoms with E-state index in [1.807, 2.05) is 12.3 Å². The predicted molar refractivity (Wildman–Crippen MR) is 91.9 cm³/mol. The molecule has 1 fully saturated rings. The van der Waals surface area contributed by atoms with Crippen LogP contribution in [-0.4, -0.2) is 34.7 Å². The number of hydrogen-bond acceptors (Lipinski definition) is 2. The number of piperidine rings is 1. The monoisotopic (exact) mass is 315 g/mol. The number of hydrogen-bond donors (Lipinski definition) is 1. The van der Waals surface area contributed by atoms with Gasteiger partial charge in [0.25, 0.3) is 0 Å². The first-order valence-corrected chi connectivity index (χ1v) is 8.69. The second kappa shape index (κ2) is 7.26. The van der Waals surface area contributed by atoms with Crippen LogP contribution in [0, 0.1) is 11.7 Å². The molecule has 1 N–H and O–H groups in total. The third kappa shape index (κ3) is 3.81. The molecule has 1 saturated heterocycles. The molecule has 2 heterocycles. The fraction of sp³-hybridized carbons (Fsp3) is 0.526. The number of aromatic nitrogens is 2. The molecule has 4 heteroatoms. The van der Waals surface area contributed by atoms with Gasteiger partial charge in [-0.25, -0.2) is 4.39 Å². The molecule has 23 heavy (non-hydrogen) atoms. The van der Waals surface area contributed by atoms with Gasteiger partial charge in [-0.15, -0.1) is 0 Å². The lowest BCUT2D eigenvalue weighted by Crippen LogP contribution is -2.37. The molecular weight excluding hydrogens is 289 g/mol. The summed E-state index contributed by atoms with van der Waals surface area (Å²) in [7, 11) is 0. The molecule has 0 saturated carbocycles. The Morgan fingerprint density at radius 2 is 2.30 bits per heavy atom. The summed E-state index contributed by atoms with van der Waals surface area (Å²) in [5.41, 5.74) is 3.11. The summed E-state index contributed by atoms with van der Waals surface area (Å²) in [6.07, 6.45) is 5.43. The normalized spacial score (nSPS) is 20.6. The van der Waals surface area contributed by atoms with Crippen LogP contribution < -0.4 is 0 Å². The van der Waals surface area contributed by atoms with Crippen LogP contribution in [0.5, 0.6) is 0 Å². The summed E-state index contributed by atoms with van der Waals surface area (Å²) in [5, 5.41) is 7.42. The van der Waals surface area contributed by atoms with Crippen LogP contribution in [0.15, 0.2) is 30.5 Å². The molecule has 124 valence electrons. The summed E-state index contributed by atoms with van der Waals surface area (Å²) in [6, 6.07) is 6.79. The first-order valence-electron chi connectivity index (χ1n) is 8.69. The maximum absolute atomic E-state index is 13.5. The Morgan fingerprint density at radius 1 is 1.43 bits per heavy atom. The number of rotatable bonds is 5. The summed E-state index contributed by atoms with van der Waals surface area (Å²) in [4.78, 5) is 2.57. The van der Waals surface area contributed by atoms with E-state index in [9.17, 15) is 4.39 Å². The average molecular weight is 315 g/mol. The van der Waals surface area contributed by atoms with Gasteiger partial charge < -0.3 is 4.90 Å². The molecule has 1 aliphatic heterocycles. The lowest BCUT2D eigenvalue weighted by Gasteiger charge is -2.34. The predicted octanol–water partition coefficient (Wildman–Crippen LogP) is 4.44. The minimum Gasteiger partial charge on any atom is -0.302 e. The Kier molecular flexibility index (Phi) is 5.11. The van der Waals surface area contributed by atoms with Crippen molar-refractivity contribution < 1.29 is 4.39 Å². The molecular formula is C19H26FN3. The third-order valence-electron chi connectivity index (χ3n) is 4.99. The molecule has 0 amide bonds. The average Bonchev–Trinajstić information content (AvgIpc) is 3.04. The van der Waals surface area contributed by atoms with Gasteiger partial charge in [0.2, 0.25) is 0 Å². The van der Waals surface area contributed by atoms with Crippen LogP contribution >= 0.6 is 0 Å². The van der Waals surface area contributed by atoms with Gasteiger partial charge >= 0.3 is 0 Å². The van der Waals surface area contributed by atoms with E-state index in [1.165, 1.54) is 31.9 Å². The number of likely N-dealkylation sites (tertiary alicyclic amines) is 1. The lowest BCUT2D eigenvalue weighted by molar-refractivity contribution is 0.180. The van der Waals surface area contributed by atoms with Gasteiger partial charge in [0.15, 0.2) is 0 Å². The molecule has 0 radical (unpaired) electrons. The summed E-state index contributed by atoms with van der Waals surface area (Å²) in [6.45, 7) is 7.98. The van der Waals surface area contributed by atoms with Crippen molar-refractivity contribution in [3.63, 3.8) is 0 Å². The molecule has 2 unspecified atom stereocenters. The van der Waals surface area contributed by atoms with Crippen LogP contribution in [0.25, 0.3) is 11.1 Å². The van der Waals surface area contributed by atoms with Crippen LogP contribution in [0.4, 0.5) is 4.39 Å². The lowest BCUT2D eigenvalue weighted by atomic mass is 9.90. The fourth-order valence-corrected chi connectivity index (χ4v) is 3.52. The van der Waals surface area contributed by atoms with Crippen molar-refractivity contribution in [3.8, 4) is 11.1 Å². The second-order valence-electron chi connectivity index (χ2n) is 6.82. The van der Waals surface area contributed by atoms with Crippen molar-refractivity contribution in [1.29, 1.82) is 0 Å². The topological polar surface area (TPSA) is 31.9 Å². The number of aromatic amines is 1. The molecule has 3 rings (SSSR count). The molecule has 0 bridgehead atoms. The third-order valence-corrected chi connectivity index (χ3v) is 4.99. The van der Waals surface area contributed by atoms with Gasteiger partial charge in [-0.05, 0) is 43.0 Å². The molecule has 1 aromatic carbocycles. The number of nitrogens with one attached hydrogen (secondary N) is 1. The maximum atomic E-state index is 13.5. The highest BCUT2D eigenvalue weighted by Gasteiger charge is 2.25. The highest BCUT2D eigenvalue weighted by atomic mass is 19.1. The Hall–Kier alpha value is -1.68. The smallest absolute Gasteiger partial charge is 0.123 e. The van der Waals surface area contributed by atoms with Crippen molar-refractivity contribution in [3.05, 3.63) is 42.0 Å². The SMILES string of the molecule is CCC(C)CN1CCCC(c2[nH]ncc2-c2cccc(F)c2)C1. The Morgan fingerprint density at radius 3 is 3.09 bits per heavy atom. The first-order chi connectivity index (χ1) is 11.2. The zero-order chi connectivity index (χ0) is 16.2. The molecule has 2 atom stereocenters. The van der Waals surface area contributed by atoms with Crippen molar-refractivity contribution in [2.24, 2.45) is 5.92 Å². The number of nitrogens with zero attached hydrogens (tertiary/aromatic N) is 2. The molecule has 1 aliphatic rings. The Bertz CT molecular complexity index is 637. The summed E-state index contributed by atoms with van der Waals surface area (Å²) >= 11 is 0. The van der Waals surface area contributed by atoms with E-state index in [0.29, 0.717) is 5.92 Å². The first kappa shape index (κ1) is 16.2. The van der Waals surface area contributed by atoms with E-state index in [2.05, 4.69) is 28.9 Å². The zero-order valence-electron chi connectivity index (χ0n) is 14.1. The zero-order valence-corrected chi connectivity index (χ0v) is 14.1. The van der Waals surface area contributed by atoms with Crippen LogP contribution in [0.2, 0.25) is 0 Å². The minimum absolute atomic E-state index is 0.198. The van der Waals surface area contributed by atoms with Crippen molar-refractivity contribution >= 4 is 0 Å². The van der Waals surface area contributed by atoms with E-state index < -0.39 is 0 Å². The molecule has 2 aromatic rings. The van der Waals surface area contributed by atoms with Crippen molar-refractivity contribution in [1.82, 2.24) is 15.1 Å². The van der Waals surface area contributed by atoms with E-state index in [4.69, 9.17) is 0 Å². The molecule has 0 aliphatic carbocycles. The summed E-state index contributed by atoms with van der Waals surface area (Å²) < 4.78 is 13.5. The van der Waals surface area contributed by atoms with Gasteiger partial charge in [0.1, 0.15) is 5.82 Å². The number of H-pyrrole nitrogens is 1. The fourth-order valence-electron chi connectivity index (χ4n) is 3.52. The van der Waals surface area contributed by atoms with Crippen LogP contribution in [0.3, 0.4) is 0 Å². The van der Waals surface area contributed by atoms with Crippen molar-refractivity contribution in [2.45, 2.75) is 39.0 Å². The van der Waals surface area contributed by atoms with E-state index in [0.717, 1.165) is 35.8 Å². The molecule has 1 aromatic heterocycles. The largest absolute Gasteiger partial charge is 0.302 e.